The molecule has 0 aliphatic carbocycles. The van der Waals surface area contributed by atoms with Gasteiger partial charge in [0, 0.05) is 18.7 Å². The van der Waals surface area contributed by atoms with E-state index in [0.29, 0.717) is 6.42 Å². The smallest absolute Gasteiger partial charge is 0.112 e. The van der Waals surface area contributed by atoms with Crippen molar-refractivity contribution in [2.45, 2.75) is 31.9 Å². The molecule has 1 aromatic heterocycles. The first-order valence-electron chi connectivity index (χ1n) is 6.46. The van der Waals surface area contributed by atoms with E-state index < -0.39 is 5.60 Å². The second-order valence-electron chi connectivity index (χ2n) is 4.96. The van der Waals surface area contributed by atoms with Gasteiger partial charge < -0.3 is 9.67 Å². The Bertz CT molecular complexity index is 558. The highest BCUT2D eigenvalue weighted by molar-refractivity contribution is 7.99. The van der Waals surface area contributed by atoms with Crippen LogP contribution in [-0.4, -0.2) is 31.8 Å². The van der Waals surface area contributed by atoms with Gasteiger partial charge in [-0.15, -0.1) is 0 Å². The molecule has 1 aromatic carbocycles. The third kappa shape index (κ3) is 2.04. The molecule has 1 N–H and O–H groups in total. The van der Waals surface area contributed by atoms with E-state index in [1.807, 2.05) is 30.0 Å². The average Bonchev–Trinajstić information content (AvgIpc) is 2.92. The Morgan fingerprint density at radius 2 is 2.28 bits per heavy atom. The van der Waals surface area contributed by atoms with Crippen LogP contribution in [0.2, 0.25) is 0 Å². The maximum atomic E-state index is 10.5. The Kier molecular flexibility index (Phi) is 3.08. The van der Waals surface area contributed by atoms with Crippen LogP contribution < -0.4 is 0 Å². The number of rotatable bonds is 3. The minimum Gasteiger partial charge on any atom is -0.389 e. The molecular weight excluding hydrogens is 244 g/mol. The number of aromatic nitrogens is 2. The first kappa shape index (κ1) is 12.1. The number of benzene rings is 1. The van der Waals surface area contributed by atoms with Crippen LogP contribution in [0.4, 0.5) is 0 Å². The number of thioether (sulfide) groups is 1. The van der Waals surface area contributed by atoms with Gasteiger partial charge in [-0.25, -0.2) is 4.98 Å². The first-order valence-corrected chi connectivity index (χ1v) is 7.61. The van der Waals surface area contributed by atoms with Crippen molar-refractivity contribution in [3.63, 3.8) is 0 Å². The van der Waals surface area contributed by atoms with Crippen molar-refractivity contribution in [1.29, 1.82) is 0 Å². The van der Waals surface area contributed by atoms with Gasteiger partial charge in [0.15, 0.2) is 0 Å². The summed E-state index contributed by atoms with van der Waals surface area (Å²) in [4.78, 5) is 4.69. The lowest BCUT2D eigenvalue weighted by Crippen LogP contribution is -2.32. The standard InChI is InChI=1S/C14H18N2OS/c1-2-16-12-6-4-3-5-11(12)15-13(16)9-14(17)7-8-18-10-14/h3-6,17H,2,7-10H2,1H3. The molecule has 1 aliphatic heterocycles. The van der Waals surface area contributed by atoms with E-state index in [-0.39, 0.29) is 0 Å². The molecule has 96 valence electrons. The molecule has 4 heteroatoms. The Hall–Kier alpha value is -1.00. The normalized spacial score (nSPS) is 23.9. The molecule has 18 heavy (non-hydrogen) atoms. The predicted octanol–water partition coefficient (Wildman–Crippen LogP) is 2.47. The van der Waals surface area contributed by atoms with Gasteiger partial charge in [-0.3, -0.25) is 0 Å². The molecule has 1 saturated heterocycles. The highest BCUT2D eigenvalue weighted by Gasteiger charge is 2.33. The number of nitrogens with zero attached hydrogens (tertiary/aromatic N) is 2. The lowest BCUT2D eigenvalue weighted by molar-refractivity contribution is 0.0658. The van der Waals surface area contributed by atoms with Crippen molar-refractivity contribution in [1.82, 2.24) is 9.55 Å². The molecule has 1 aliphatic rings. The van der Waals surface area contributed by atoms with Gasteiger partial charge in [-0.1, -0.05) is 12.1 Å². The summed E-state index contributed by atoms with van der Waals surface area (Å²) in [6, 6.07) is 8.19. The second kappa shape index (κ2) is 4.59. The number of aliphatic hydroxyl groups is 1. The molecule has 3 nitrogen and oxygen atoms in total. The number of para-hydroxylation sites is 2. The lowest BCUT2D eigenvalue weighted by atomic mass is 9.99. The summed E-state index contributed by atoms with van der Waals surface area (Å²) < 4.78 is 2.22. The van der Waals surface area contributed by atoms with Crippen LogP contribution in [-0.2, 0) is 13.0 Å². The Morgan fingerprint density at radius 1 is 1.44 bits per heavy atom. The maximum absolute atomic E-state index is 10.5. The van der Waals surface area contributed by atoms with E-state index in [0.717, 1.165) is 35.8 Å². The molecule has 0 saturated carbocycles. The molecule has 0 radical (unpaired) electrons. The zero-order valence-electron chi connectivity index (χ0n) is 10.6. The average molecular weight is 262 g/mol. The zero-order valence-corrected chi connectivity index (χ0v) is 11.4. The van der Waals surface area contributed by atoms with Crippen molar-refractivity contribution >= 4 is 22.8 Å². The van der Waals surface area contributed by atoms with Gasteiger partial charge in [0.1, 0.15) is 5.82 Å². The SMILES string of the molecule is CCn1c(CC2(O)CCSC2)nc2ccccc21. The number of hydrogen-bond donors (Lipinski definition) is 1. The summed E-state index contributed by atoms with van der Waals surface area (Å²) in [6.07, 6.45) is 1.55. The first-order chi connectivity index (χ1) is 8.72. The molecule has 3 rings (SSSR count). The van der Waals surface area contributed by atoms with Crippen molar-refractivity contribution in [3.8, 4) is 0 Å². The minimum atomic E-state index is -0.557. The summed E-state index contributed by atoms with van der Waals surface area (Å²) in [5.41, 5.74) is 1.65. The number of hydrogen-bond acceptors (Lipinski definition) is 3. The zero-order chi connectivity index (χ0) is 12.6. The van der Waals surface area contributed by atoms with Gasteiger partial charge in [-0.05, 0) is 31.2 Å². The Morgan fingerprint density at radius 3 is 3.00 bits per heavy atom. The molecule has 0 bridgehead atoms. The molecule has 1 atom stereocenters. The number of fused-ring (bicyclic) bond motifs is 1. The minimum absolute atomic E-state index is 0.557. The molecule has 1 fully saturated rings. The van der Waals surface area contributed by atoms with Crippen LogP contribution >= 0.6 is 11.8 Å². The summed E-state index contributed by atoms with van der Waals surface area (Å²) >= 11 is 1.83. The van der Waals surface area contributed by atoms with Gasteiger partial charge in [0.2, 0.25) is 0 Å². The highest BCUT2D eigenvalue weighted by atomic mass is 32.2. The van der Waals surface area contributed by atoms with E-state index in [1.54, 1.807) is 0 Å². The molecule has 0 spiro atoms. The van der Waals surface area contributed by atoms with E-state index in [1.165, 1.54) is 5.52 Å². The van der Waals surface area contributed by atoms with Gasteiger partial charge in [0.05, 0.1) is 16.6 Å². The summed E-state index contributed by atoms with van der Waals surface area (Å²) in [5, 5.41) is 10.5. The molecular formula is C14H18N2OS. The van der Waals surface area contributed by atoms with Crippen LogP contribution in [0.5, 0.6) is 0 Å². The number of imidazole rings is 1. The second-order valence-corrected chi connectivity index (χ2v) is 6.07. The summed E-state index contributed by atoms with van der Waals surface area (Å²) in [5.74, 6) is 2.91. The Labute approximate surface area is 111 Å². The fraction of sp³-hybridized carbons (Fsp3) is 0.500. The third-order valence-corrected chi connectivity index (χ3v) is 4.85. The van der Waals surface area contributed by atoms with Crippen LogP contribution in [0.3, 0.4) is 0 Å². The fourth-order valence-corrected chi connectivity index (χ4v) is 3.94. The van der Waals surface area contributed by atoms with E-state index >= 15 is 0 Å². The number of aryl methyl sites for hydroxylation is 1. The summed E-state index contributed by atoms with van der Waals surface area (Å²) in [6.45, 7) is 3.03. The van der Waals surface area contributed by atoms with Crippen molar-refractivity contribution in [3.05, 3.63) is 30.1 Å². The molecule has 2 aromatic rings. The largest absolute Gasteiger partial charge is 0.389 e. The third-order valence-electron chi connectivity index (χ3n) is 3.62. The highest BCUT2D eigenvalue weighted by Crippen LogP contribution is 2.31. The van der Waals surface area contributed by atoms with Crippen LogP contribution in [0, 0.1) is 0 Å². The van der Waals surface area contributed by atoms with Crippen molar-refractivity contribution < 1.29 is 5.11 Å². The Balaban J connectivity index is 2.00. The molecule has 2 heterocycles. The van der Waals surface area contributed by atoms with Crippen molar-refractivity contribution in [2.24, 2.45) is 0 Å². The van der Waals surface area contributed by atoms with Crippen molar-refractivity contribution in [2.75, 3.05) is 11.5 Å². The van der Waals surface area contributed by atoms with Gasteiger partial charge >= 0.3 is 0 Å². The van der Waals surface area contributed by atoms with E-state index in [9.17, 15) is 5.11 Å². The summed E-state index contributed by atoms with van der Waals surface area (Å²) in [7, 11) is 0. The monoisotopic (exact) mass is 262 g/mol. The van der Waals surface area contributed by atoms with Gasteiger partial charge in [-0.2, -0.15) is 11.8 Å². The van der Waals surface area contributed by atoms with Crippen LogP contribution in [0.1, 0.15) is 19.2 Å². The maximum Gasteiger partial charge on any atom is 0.112 e. The quantitative estimate of drug-likeness (QED) is 0.923. The fourth-order valence-electron chi connectivity index (χ4n) is 2.64. The molecule has 1 unspecified atom stereocenters. The lowest BCUT2D eigenvalue weighted by Gasteiger charge is -2.21. The van der Waals surface area contributed by atoms with E-state index in [4.69, 9.17) is 0 Å². The van der Waals surface area contributed by atoms with Crippen LogP contribution in [0.15, 0.2) is 24.3 Å². The predicted molar refractivity (Wildman–Crippen MR) is 76.0 cm³/mol. The van der Waals surface area contributed by atoms with E-state index in [2.05, 4.69) is 22.5 Å². The topological polar surface area (TPSA) is 38.0 Å². The van der Waals surface area contributed by atoms with Gasteiger partial charge in [0.25, 0.3) is 0 Å². The van der Waals surface area contributed by atoms with Crippen LogP contribution in [0.25, 0.3) is 11.0 Å². The molecule has 0 amide bonds.